The van der Waals surface area contributed by atoms with Crippen molar-refractivity contribution in [2.75, 3.05) is 6.61 Å². The molecule has 0 fully saturated rings. The van der Waals surface area contributed by atoms with Crippen LogP contribution >= 0.6 is 0 Å². The Labute approximate surface area is 136 Å². The summed E-state index contributed by atoms with van der Waals surface area (Å²) in [5.41, 5.74) is 0.396. The molecule has 1 rings (SSSR count). The van der Waals surface area contributed by atoms with Crippen LogP contribution in [0.3, 0.4) is 0 Å². The monoisotopic (exact) mass is 342 g/mol. The molecule has 0 saturated carbocycles. The Balaban J connectivity index is 2.51. The Morgan fingerprint density at radius 2 is 1.75 bits per heavy atom. The second kappa shape index (κ2) is 8.99. The van der Waals surface area contributed by atoms with Crippen LogP contribution in [-0.4, -0.2) is 73.9 Å². The van der Waals surface area contributed by atoms with Crippen molar-refractivity contribution in [1.82, 2.24) is 0 Å². The summed E-state index contributed by atoms with van der Waals surface area (Å²) in [7, 11) is 0. The number of phenols is 2. The topological polar surface area (TPSA) is 165 Å². The Morgan fingerprint density at radius 3 is 2.33 bits per heavy atom. The molecule has 6 N–H and O–H groups in total. The van der Waals surface area contributed by atoms with Gasteiger partial charge in [0.05, 0.1) is 0 Å². The molecule has 0 bridgehead atoms. The van der Waals surface area contributed by atoms with Gasteiger partial charge in [0.1, 0.15) is 31.0 Å². The van der Waals surface area contributed by atoms with Gasteiger partial charge in [0, 0.05) is 6.08 Å². The third kappa shape index (κ3) is 5.63. The number of benzene rings is 1. The van der Waals surface area contributed by atoms with Gasteiger partial charge >= 0.3 is 5.97 Å². The summed E-state index contributed by atoms with van der Waals surface area (Å²) in [6.07, 6.45) is -5.18. The number of carbonyl (C=O) groups is 2. The molecule has 0 spiro atoms. The van der Waals surface area contributed by atoms with E-state index in [0.29, 0.717) is 5.56 Å². The van der Waals surface area contributed by atoms with Crippen molar-refractivity contribution >= 4 is 18.3 Å². The van der Waals surface area contributed by atoms with Crippen LogP contribution in [0.1, 0.15) is 5.56 Å². The Bertz CT molecular complexity index is 599. The summed E-state index contributed by atoms with van der Waals surface area (Å²) in [5.74, 6) is -1.58. The molecule has 24 heavy (non-hydrogen) atoms. The van der Waals surface area contributed by atoms with Crippen molar-refractivity contribution in [1.29, 1.82) is 0 Å². The zero-order valence-corrected chi connectivity index (χ0v) is 12.4. The van der Waals surface area contributed by atoms with Gasteiger partial charge in [-0.3, -0.25) is 0 Å². The molecule has 0 heterocycles. The van der Waals surface area contributed by atoms with Crippen LogP contribution in [0.4, 0.5) is 0 Å². The highest BCUT2D eigenvalue weighted by atomic mass is 16.5. The molecule has 0 amide bonds. The molecule has 0 aliphatic heterocycles. The molecular formula is C15H18O9. The summed E-state index contributed by atoms with van der Waals surface area (Å²) < 4.78 is 4.64. The average molecular weight is 342 g/mol. The average Bonchev–Trinajstić information content (AvgIpc) is 2.58. The van der Waals surface area contributed by atoms with Gasteiger partial charge in [0.15, 0.2) is 17.8 Å². The van der Waals surface area contributed by atoms with Gasteiger partial charge in [0.25, 0.3) is 0 Å². The first-order valence-electron chi connectivity index (χ1n) is 6.80. The highest BCUT2D eigenvalue weighted by Crippen LogP contribution is 2.25. The van der Waals surface area contributed by atoms with Crippen molar-refractivity contribution in [2.45, 2.75) is 24.4 Å². The van der Waals surface area contributed by atoms with Crippen LogP contribution in [0.15, 0.2) is 24.3 Å². The number of esters is 1. The minimum atomic E-state index is -1.92. The summed E-state index contributed by atoms with van der Waals surface area (Å²) in [6.45, 7) is -0.687. The lowest BCUT2D eigenvalue weighted by Gasteiger charge is -2.23. The molecule has 0 aliphatic rings. The maximum Gasteiger partial charge on any atom is 0.330 e. The molecule has 1 aromatic rings. The molecular weight excluding hydrogens is 324 g/mol. The van der Waals surface area contributed by atoms with Gasteiger partial charge in [0.2, 0.25) is 0 Å². The van der Waals surface area contributed by atoms with E-state index in [4.69, 9.17) is 10.2 Å². The molecule has 9 nitrogen and oxygen atoms in total. The van der Waals surface area contributed by atoms with E-state index in [2.05, 4.69) is 4.74 Å². The number of ether oxygens (including phenoxy) is 1. The predicted molar refractivity (Wildman–Crippen MR) is 79.9 cm³/mol. The lowest BCUT2D eigenvalue weighted by atomic mass is 10.0. The normalized spacial score (nSPS) is 16.3. The van der Waals surface area contributed by atoms with Gasteiger partial charge in [-0.1, -0.05) is 6.07 Å². The van der Waals surface area contributed by atoms with Gasteiger partial charge in [-0.2, -0.15) is 0 Å². The number of carbonyl (C=O) groups excluding carboxylic acids is 2. The maximum absolute atomic E-state index is 11.5. The SMILES string of the molecule is O=C[C@H](O)[C@@H](O)[C@H](O)[C@H](O)COC(=O)C=Cc1ccc(O)c(O)c1. The van der Waals surface area contributed by atoms with Crippen LogP contribution in [0.2, 0.25) is 0 Å². The van der Waals surface area contributed by atoms with E-state index in [-0.39, 0.29) is 17.8 Å². The highest BCUT2D eigenvalue weighted by Gasteiger charge is 2.30. The zero-order valence-electron chi connectivity index (χ0n) is 12.4. The third-order valence-corrected chi connectivity index (χ3v) is 3.04. The Hall–Kier alpha value is -2.46. The van der Waals surface area contributed by atoms with Gasteiger partial charge in [-0.15, -0.1) is 0 Å². The Kier molecular flexibility index (Phi) is 7.33. The van der Waals surface area contributed by atoms with Crippen molar-refractivity contribution in [3.8, 4) is 11.5 Å². The molecule has 0 aromatic heterocycles. The van der Waals surface area contributed by atoms with Crippen LogP contribution in [-0.2, 0) is 14.3 Å². The van der Waals surface area contributed by atoms with Crippen molar-refractivity contribution < 1.29 is 45.0 Å². The quantitative estimate of drug-likeness (QED) is 0.140. The summed E-state index contributed by atoms with van der Waals surface area (Å²) in [5, 5.41) is 55.8. The van der Waals surface area contributed by atoms with Gasteiger partial charge in [-0.05, 0) is 23.8 Å². The fraction of sp³-hybridized carbons (Fsp3) is 0.333. The largest absolute Gasteiger partial charge is 0.504 e. The minimum absolute atomic E-state index is 0.0115. The summed E-state index contributed by atoms with van der Waals surface area (Å²) in [4.78, 5) is 21.7. The molecule has 4 atom stereocenters. The second-order valence-electron chi connectivity index (χ2n) is 4.89. The molecule has 1 aromatic carbocycles. The van der Waals surface area contributed by atoms with Crippen molar-refractivity contribution in [3.63, 3.8) is 0 Å². The lowest BCUT2D eigenvalue weighted by molar-refractivity contribution is -0.151. The fourth-order valence-electron chi connectivity index (χ4n) is 1.63. The molecule has 132 valence electrons. The van der Waals surface area contributed by atoms with E-state index in [1.165, 1.54) is 24.3 Å². The number of hydrogen-bond acceptors (Lipinski definition) is 9. The summed E-state index contributed by atoms with van der Waals surface area (Å²) in [6, 6.07) is 3.85. The number of aliphatic hydroxyl groups is 4. The molecule has 9 heteroatoms. The number of aliphatic hydroxyl groups excluding tert-OH is 4. The second-order valence-corrected chi connectivity index (χ2v) is 4.89. The number of aldehydes is 1. The molecule has 0 aliphatic carbocycles. The van der Waals surface area contributed by atoms with E-state index < -0.39 is 37.0 Å². The number of rotatable bonds is 8. The zero-order chi connectivity index (χ0) is 18.3. The molecule has 0 saturated heterocycles. The van der Waals surface area contributed by atoms with E-state index in [9.17, 15) is 30.0 Å². The fourth-order valence-corrected chi connectivity index (χ4v) is 1.63. The Morgan fingerprint density at radius 1 is 1.08 bits per heavy atom. The number of aromatic hydroxyl groups is 2. The van der Waals surface area contributed by atoms with E-state index >= 15 is 0 Å². The number of hydrogen-bond donors (Lipinski definition) is 6. The standard InChI is InChI=1S/C15H18O9/c16-6-11(19)14(22)15(23)12(20)7-24-13(21)4-2-8-1-3-9(17)10(18)5-8/h1-6,11-12,14-15,17-20,22-23H,7H2/t11-,12+,14+,15+/m0/s1. The third-order valence-electron chi connectivity index (χ3n) is 3.04. The molecule has 0 radical (unpaired) electrons. The predicted octanol–water partition coefficient (Wildman–Crippen LogP) is -1.70. The first kappa shape index (κ1) is 19.6. The summed E-state index contributed by atoms with van der Waals surface area (Å²) >= 11 is 0. The highest BCUT2D eigenvalue weighted by molar-refractivity contribution is 5.87. The van der Waals surface area contributed by atoms with Crippen LogP contribution in [0.25, 0.3) is 6.08 Å². The smallest absolute Gasteiger partial charge is 0.330 e. The molecule has 0 unspecified atom stereocenters. The van der Waals surface area contributed by atoms with Gasteiger partial charge < -0.3 is 40.2 Å². The van der Waals surface area contributed by atoms with Crippen molar-refractivity contribution in [3.05, 3.63) is 29.8 Å². The minimum Gasteiger partial charge on any atom is -0.504 e. The number of phenolic OH excluding ortho intramolecular Hbond substituents is 2. The van der Waals surface area contributed by atoms with Crippen LogP contribution in [0.5, 0.6) is 11.5 Å². The van der Waals surface area contributed by atoms with E-state index in [0.717, 1.165) is 6.08 Å². The van der Waals surface area contributed by atoms with Crippen LogP contribution < -0.4 is 0 Å². The van der Waals surface area contributed by atoms with Crippen molar-refractivity contribution in [2.24, 2.45) is 0 Å². The lowest BCUT2D eigenvalue weighted by Crippen LogP contribution is -2.46. The maximum atomic E-state index is 11.5. The van der Waals surface area contributed by atoms with E-state index in [1.807, 2.05) is 0 Å². The van der Waals surface area contributed by atoms with Gasteiger partial charge in [-0.25, -0.2) is 4.79 Å². The first-order valence-corrected chi connectivity index (χ1v) is 6.80. The van der Waals surface area contributed by atoms with Crippen LogP contribution in [0, 0.1) is 0 Å². The van der Waals surface area contributed by atoms with E-state index in [1.54, 1.807) is 0 Å². The first-order chi connectivity index (χ1) is 11.3.